The average Bonchev–Trinajstić information content (AvgIpc) is 1.73. The Kier molecular flexibility index (Phi) is 0.114. The van der Waals surface area contributed by atoms with E-state index < -0.39 is 0 Å². The molecule has 1 aliphatic carbocycles. The van der Waals surface area contributed by atoms with E-state index in [4.69, 9.17) is 9.47 Å². The Morgan fingerprint density at radius 2 is 1.50 bits per heavy atom. The quantitative estimate of drug-likeness (QED) is 0.392. The third-order valence-electron chi connectivity index (χ3n) is 1.94. The molecular weight excluding hydrogens is 80.0 g/mol. The monoisotopic (exact) mass is 84.0 g/mol. The van der Waals surface area contributed by atoms with Gasteiger partial charge in [-0.15, -0.1) is 0 Å². The van der Waals surface area contributed by atoms with Crippen molar-refractivity contribution in [1.29, 1.82) is 0 Å². The first-order valence-corrected chi connectivity index (χ1v) is 2.27. The van der Waals surface area contributed by atoms with Gasteiger partial charge in [0.2, 0.25) is 11.6 Å². The average molecular weight is 84.1 g/mol. The van der Waals surface area contributed by atoms with Crippen LogP contribution in [0.4, 0.5) is 0 Å². The fourth-order valence-corrected chi connectivity index (χ4v) is 1.23. The molecule has 1 saturated carbocycles. The Morgan fingerprint density at radius 1 is 1.00 bits per heavy atom. The van der Waals surface area contributed by atoms with Gasteiger partial charge in [-0.2, -0.15) is 0 Å². The van der Waals surface area contributed by atoms with Gasteiger partial charge in [-0.3, -0.25) is 0 Å². The molecule has 0 N–H and O–H groups in total. The van der Waals surface area contributed by atoms with Crippen molar-refractivity contribution in [2.24, 2.45) is 0 Å². The zero-order valence-corrected chi connectivity index (χ0v) is 3.23. The van der Waals surface area contributed by atoms with E-state index in [1.165, 1.54) is 0 Å². The molecule has 0 aromatic heterocycles. The molecule has 0 aromatic carbocycles. The van der Waals surface area contributed by atoms with Crippen LogP contribution < -0.4 is 0 Å². The lowest BCUT2D eigenvalue weighted by atomic mass is 10.0. The summed E-state index contributed by atoms with van der Waals surface area (Å²) in [6, 6.07) is 0. The number of epoxide rings is 2. The van der Waals surface area contributed by atoms with E-state index in [-0.39, 0.29) is 11.6 Å². The van der Waals surface area contributed by atoms with Crippen LogP contribution in [-0.2, 0) is 9.47 Å². The SMILES string of the molecule is C1CC23OC12O3. The van der Waals surface area contributed by atoms with E-state index in [9.17, 15) is 0 Å². The molecule has 0 radical (unpaired) electrons. The van der Waals surface area contributed by atoms with Crippen LogP contribution in [0.3, 0.4) is 0 Å². The fraction of sp³-hybridized carbons (Fsp3) is 1.00. The molecule has 2 heteroatoms. The molecule has 3 rings (SSSR count). The van der Waals surface area contributed by atoms with Gasteiger partial charge in [-0.1, -0.05) is 0 Å². The topological polar surface area (TPSA) is 25.1 Å². The predicted octanol–water partition coefficient (Wildman–Crippen LogP) is 0.233. The number of ether oxygens (including phenoxy) is 2. The summed E-state index contributed by atoms with van der Waals surface area (Å²) >= 11 is 0. The summed E-state index contributed by atoms with van der Waals surface area (Å²) in [4.78, 5) is 0. The van der Waals surface area contributed by atoms with Crippen molar-refractivity contribution in [3.63, 3.8) is 0 Å². The van der Waals surface area contributed by atoms with Crippen LogP contribution in [-0.4, -0.2) is 11.6 Å². The lowest BCUT2D eigenvalue weighted by Gasteiger charge is -1.88. The Hall–Kier alpha value is -0.0800. The lowest BCUT2D eigenvalue weighted by Crippen LogP contribution is -2.04. The van der Waals surface area contributed by atoms with Gasteiger partial charge in [0.05, 0.1) is 0 Å². The Morgan fingerprint density at radius 3 is 1.50 bits per heavy atom. The molecule has 0 aromatic rings. The van der Waals surface area contributed by atoms with Gasteiger partial charge in [0.15, 0.2) is 0 Å². The fourth-order valence-electron chi connectivity index (χ4n) is 1.23. The molecule has 2 nitrogen and oxygen atoms in total. The number of rotatable bonds is 0. The van der Waals surface area contributed by atoms with Gasteiger partial charge in [-0.25, -0.2) is 0 Å². The molecular formula is C4H4O2. The number of hydrogen-bond donors (Lipinski definition) is 0. The molecule has 32 valence electrons. The second kappa shape index (κ2) is 0.298. The molecule has 3 fully saturated rings. The maximum atomic E-state index is 5.07. The summed E-state index contributed by atoms with van der Waals surface area (Å²) in [5, 5.41) is 0. The Labute approximate surface area is 35.0 Å². The second-order valence-electron chi connectivity index (χ2n) is 2.21. The molecule has 0 bridgehead atoms. The van der Waals surface area contributed by atoms with E-state index >= 15 is 0 Å². The van der Waals surface area contributed by atoms with Gasteiger partial charge in [-0.05, 0) is 0 Å². The predicted molar refractivity (Wildman–Crippen MR) is 16.9 cm³/mol. The minimum atomic E-state index is 0.0347. The van der Waals surface area contributed by atoms with Crippen LogP contribution in [0.25, 0.3) is 0 Å². The first-order valence-electron chi connectivity index (χ1n) is 2.27. The van der Waals surface area contributed by atoms with Crippen LogP contribution in [0.1, 0.15) is 12.8 Å². The molecule has 0 unspecified atom stereocenters. The van der Waals surface area contributed by atoms with Crippen molar-refractivity contribution >= 4 is 0 Å². The standard InChI is InChI=1S/C4H4O2/c1-2-4-3(1,5-4)6-4/h1-2H2. The first kappa shape index (κ1) is 2.28. The molecule has 2 aliphatic heterocycles. The minimum Gasteiger partial charge on any atom is -0.307 e. The first-order chi connectivity index (χ1) is 2.87. The van der Waals surface area contributed by atoms with E-state index in [1.54, 1.807) is 0 Å². The van der Waals surface area contributed by atoms with Crippen LogP contribution in [0.15, 0.2) is 0 Å². The summed E-state index contributed by atoms with van der Waals surface area (Å²) in [6.45, 7) is 0. The van der Waals surface area contributed by atoms with Crippen LogP contribution in [0, 0.1) is 0 Å². The Balaban J connectivity index is 2.32. The van der Waals surface area contributed by atoms with Crippen molar-refractivity contribution < 1.29 is 9.47 Å². The Bertz CT molecular complexity index is 98.5. The highest BCUT2D eigenvalue weighted by molar-refractivity contribution is 5.26. The van der Waals surface area contributed by atoms with Crippen molar-refractivity contribution in [3.8, 4) is 0 Å². The zero-order valence-electron chi connectivity index (χ0n) is 3.23. The van der Waals surface area contributed by atoms with Crippen molar-refractivity contribution in [3.05, 3.63) is 0 Å². The smallest absolute Gasteiger partial charge is 0.229 e. The maximum Gasteiger partial charge on any atom is 0.229 e. The van der Waals surface area contributed by atoms with Gasteiger partial charge in [0.1, 0.15) is 0 Å². The summed E-state index contributed by atoms with van der Waals surface area (Å²) < 4.78 is 10.1. The van der Waals surface area contributed by atoms with Crippen LogP contribution in [0.2, 0.25) is 0 Å². The minimum absolute atomic E-state index is 0.0347. The van der Waals surface area contributed by atoms with Gasteiger partial charge < -0.3 is 9.47 Å². The molecule has 2 heterocycles. The highest BCUT2D eigenvalue weighted by atomic mass is 17.1. The van der Waals surface area contributed by atoms with Gasteiger partial charge in [0.25, 0.3) is 0 Å². The van der Waals surface area contributed by atoms with Gasteiger partial charge >= 0.3 is 0 Å². The summed E-state index contributed by atoms with van der Waals surface area (Å²) in [5.74, 6) is 0.0694. The van der Waals surface area contributed by atoms with Crippen LogP contribution in [0.5, 0.6) is 0 Å². The molecule has 2 saturated heterocycles. The third kappa shape index (κ3) is 0.0584. The molecule has 6 heavy (non-hydrogen) atoms. The van der Waals surface area contributed by atoms with Crippen molar-refractivity contribution in [2.45, 2.75) is 24.4 Å². The van der Waals surface area contributed by atoms with Gasteiger partial charge in [0, 0.05) is 12.8 Å². The molecule has 0 spiro atoms. The van der Waals surface area contributed by atoms with E-state index in [1.807, 2.05) is 0 Å². The summed E-state index contributed by atoms with van der Waals surface area (Å²) in [6.07, 6.45) is 2.29. The highest BCUT2D eigenvalue weighted by Crippen LogP contribution is 2.80. The molecule has 0 amide bonds. The highest BCUT2D eigenvalue weighted by Gasteiger charge is 2.97. The third-order valence-corrected chi connectivity index (χ3v) is 1.94. The lowest BCUT2D eigenvalue weighted by molar-refractivity contribution is -0.0548. The summed E-state index contributed by atoms with van der Waals surface area (Å²) in [7, 11) is 0. The van der Waals surface area contributed by atoms with E-state index in [2.05, 4.69) is 0 Å². The van der Waals surface area contributed by atoms with E-state index in [0.29, 0.717) is 0 Å². The summed E-state index contributed by atoms with van der Waals surface area (Å²) in [5.41, 5.74) is 0. The van der Waals surface area contributed by atoms with Crippen molar-refractivity contribution in [2.75, 3.05) is 0 Å². The normalized spacial score (nSPS) is 80.0. The molecule has 0 atom stereocenters. The molecule has 3 aliphatic rings. The van der Waals surface area contributed by atoms with Crippen molar-refractivity contribution in [1.82, 2.24) is 0 Å². The largest absolute Gasteiger partial charge is 0.307 e. The maximum absolute atomic E-state index is 5.07. The number of hydrogen-bond acceptors (Lipinski definition) is 2. The van der Waals surface area contributed by atoms with E-state index in [0.717, 1.165) is 12.8 Å². The second-order valence-corrected chi connectivity index (χ2v) is 2.21. The van der Waals surface area contributed by atoms with Crippen LogP contribution >= 0.6 is 0 Å². The zero-order chi connectivity index (χ0) is 3.83.